The summed E-state index contributed by atoms with van der Waals surface area (Å²) >= 11 is 0. The first-order chi connectivity index (χ1) is 10.2. The molecule has 1 fully saturated rings. The van der Waals surface area contributed by atoms with E-state index in [9.17, 15) is 5.11 Å². The summed E-state index contributed by atoms with van der Waals surface area (Å²) in [5, 5.41) is 14.0. The maximum absolute atomic E-state index is 10.6. The number of piperidine rings is 1. The van der Waals surface area contributed by atoms with Crippen molar-refractivity contribution in [3.63, 3.8) is 0 Å². The number of nitrogens with one attached hydrogen (secondary N) is 1. The van der Waals surface area contributed by atoms with Gasteiger partial charge in [0.05, 0.1) is 13.2 Å². The van der Waals surface area contributed by atoms with Crippen LogP contribution in [0, 0.1) is 0 Å². The molecule has 1 saturated heterocycles. The second-order valence-electron chi connectivity index (χ2n) is 5.79. The fourth-order valence-corrected chi connectivity index (χ4v) is 3.03. The SMILES string of the molecule is CCCN(CC(O)c1cccc(OC)c1)C1CCCNC1. The van der Waals surface area contributed by atoms with Crippen LogP contribution in [-0.2, 0) is 0 Å². The maximum Gasteiger partial charge on any atom is 0.119 e. The Kier molecular flexibility index (Phi) is 6.49. The van der Waals surface area contributed by atoms with Gasteiger partial charge in [-0.05, 0) is 50.0 Å². The van der Waals surface area contributed by atoms with Crippen molar-refractivity contribution in [1.29, 1.82) is 0 Å². The van der Waals surface area contributed by atoms with E-state index in [0.29, 0.717) is 12.6 Å². The fraction of sp³-hybridized carbons (Fsp3) is 0.647. The molecule has 2 unspecified atom stereocenters. The van der Waals surface area contributed by atoms with E-state index in [4.69, 9.17) is 4.74 Å². The predicted molar refractivity (Wildman–Crippen MR) is 85.7 cm³/mol. The number of ether oxygens (including phenoxy) is 1. The largest absolute Gasteiger partial charge is 0.497 e. The van der Waals surface area contributed by atoms with Crippen LogP contribution < -0.4 is 10.1 Å². The van der Waals surface area contributed by atoms with Crippen molar-refractivity contribution in [2.45, 2.75) is 38.3 Å². The van der Waals surface area contributed by atoms with Crippen molar-refractivity contribution < 1.29 is 9.84 Å². The van der Waals surface area contributed by atoms with Crippen LogP contribution in [0.2, 0.25) is 0 Å². The molecule has 0 aliphatic carbocycles. The van der Waals surface area contributed by atoms with Crippen molar-refractivity contribution in [1.82, 2.24) is 10.2 Å². The Labute approximate surface area is 128 Å². The first-order valence-electron chi connectivity index (χ1n) is 8.01. The number of aliphatic hydroxyl groups is 1. The maximum atomic E-state index is 10.6. The van der Waals surface area contributed by atoms with E-state index in [1.807, 2.05) is 24.3 Å². The zero-order chi connectivity index (χ0) is 15.1. The standard InChI is InChI=1S/C17H28N2O2/c1-3-10-19(15-7-5-9-18-12-15)13-17(20)14-6-4-8-16(11-14)21-2/h4,6,8,11,15,17-18,20H,3,5,7,9-10,12-13H2,1-2H3. The predicted octanol–water partition coefficient (Wildman–Crippen LogP) is 2.19. The normalized spacial score (nSPS) is 20.5. The molecule has 0 saturated carbocycles. The molecule has 0 aromatic heterocycles. The van der Waals surface area contributed by atoms with E-state index in [-0.39, 0.29) is 0 Å². The number of nitrogens with zero attached hydrogens (tertiary/aromatic N) is 1. The molecular formula is C17H28N2O2. The number of hydrogen-bond acceptors (Lipinski definition) is 4. The van der Waals surface area contributed by atoms with Gasteiger partial charge in [-0.15, -0.1) is 0 Å². The highest BCUT2D eigenvalue weighted by molar-refractivity contribution is 5.29. The van der Waals surface area contributed by atoms with Gasteiger partial charge in [-0.3, -0.25) is 4.90 Å². The summed E-state index contributed by atoms with van der Waals surface area (Å²) in [6, 6.07) is 8.28. The second kappa shape index (κ2) is 8.37. The first kappa shape index (κ1) is 16.3. The Morgan fingerprint density at radius 3 is 3.00 bits per heavy atom. The molecule has 4 nitrogen and oxygen atoms in total. The summed E-state index contributed by atoms with van der Waals surface area (Å²) in [5.41, 5.74) is 0.930. The van der Waals surface area contributed by atoms with Crippen LogP contribution in [-0.4, -0.2) is 49.3 Å². The molecule has 1 aliphatic rings. The lowest BCUT2D eigenvalue weighted by Gasteiger charge is -2.35. The van der Waals surface area contributed by atoms with E-state index in [1.54, 1.807) is 7.11 Å². The van der Waals surface area contributed by atoms with E-state index in [1.165, 1.54) is 12.8 Å². The van der Waals surface area contributed by atoms with Gasteiger partial charge in [-0.2, -0.15) is 0 Å². The molecule has 2 rings (SSSR count). The molecule has 2 N–H and O–H groups in total. The fourth-order valence-electron chi connectivity index (χ4n) is 3.03. The lowest BCUT2D eigenvalue weighted by atomic mass is 10.0. The minimum Gasteiger partial charge on any atom is -0.497 e. The molecule has 1 aliphatic heterocycles. The van der Waals surface area contributed by atoms with E-state index in [2.05, 4.69) is 17.1 Å². The summed E-state index contributed by atoms with van der Waals surface area (Å²) in [7, 11) is 1.66. The molecule has 1 aromatic rings. The van der Waals surface area contributed by atoms with Crippen molar-refractivity contribution in [3.05, 3.63) is 29.8 Å². The van der Waals surface area contributed by atoms with Gasteiger partial charge in [0.2, 0.25) is 0 Å². The summed E-state index contributed by atoms with van der Waals surface area (Å²) in [4.78, 5) is 2.43. The van der Waals surface area contributed by atoms with Gasteiger partial charge in [-0.25, -0.2) is 0 Å². The Hall–Kier alpha value is -1.10. The van der Waals surface area contributed by atoms with Gasteiger partial charge in [0.15, 0.2) is 0 Å². The Balaban J connectivity index is 2.00. The molecule has 0 spiro atoms. The van der Waals surface area contributed by atoms with Crippen LogP contribution in [0.3, 0.4) is 0 Å². The number of hydrogen-bond donors (Lipinski definition) is 2. The van der Waals surface area contributed by atoms with Crippen LogP contribution in [0.25, 0.3) is 0 Å². The summed E-state index contributed by atoms with van der Waals surface area (Å²) in [6.45, 7) is 6.07. The highest BCUT2D eigenvalue weighted by Gasteiger charge is 2.23. The average molecular weight is 292 g/mol. The van der Waals surface area contributed by atoms with Crippen molar-refractivity contribution in [2.24, 2.45) is 0 Å². The second-order valence-corrected chi connectivity index (χ2v) is 5.79. The third-order valence-corrected chi connectivity index (χ3v) is 4.18. The molecule has 21 heavy (non-hydrogen) atoms. The lowest BCUT2D eigenvalue weighted by Crippen LogP contribution is -2.47. The quantitative estimate of drug-likeness (QED) is 0.808. The third-order valence-electron chi connectivity index (χ3n) is 4.18. The number of methoxy groups -OCH3 is 1. The van der Waals surface area contributed by atoms with Crippen LogP contribution in [0.4, 0.5) is 0 Å². The van der Waals surface area contributed by atoms with Crippen LogP contribution in [0.15, 0.2) is 24.3 Å². The topological polar surface area (TPSA) is 44.7 Å². The number of benzene rings is 1. The minimum absolute atomic E-state index is 0.464. The molecule has 1 aromatic carbocycles. The highest BCUT2D eigenvalue weighted by Crippen LogP contribution is 2.22. The van der Waals surface area contributed by atoms with Gasteiger partial charge in [-0.1, -0.05) is 19.1 Å². The molecule has 0 amide bonds. The number of rotatable bonds is 7. The van der Waals surface area contributed by atoms with Crippen molar-refractivity contribution in [3.8, 4) is 5.75 Å². The highest BCUT2D eigenvalue weighted by atomic mass is 16.5. The van der Waals surface area contributed by atoms with Gasteiger partial charge >= 0.3 is 0 Å². The molecule has 0 radical (unpaired) electrons. The summed E-state index contributed by atoms with van der Waals surface area (Å²) in [6.07, 6.45) is 3.09. The molecule has 118 valence electrons. The molecule has 1 heterocycles. The van der Waals surface area contributed by atoms with E-state index >= 15 is 0 Å². The average Bonchev–Trinajstić information content (AvgIpc) is 2.55. The zero-order valence-electron chi connectivity index (χ0n) is 13.2. The van der Waals surface area contributed by atoms with Gasteiger partial charge in [0.25, 0.3) is 0 Å². The van der Waals surface area contributed by atoms with Crippen molar-refractivity contribution in [2.75, 3.05) is 33.3 Å². The van der Waals surface area contributed by atoms with Gasteiger partial charge in [0, 0.05) is 19.1 Å². The summed E-state index contributed by atoms with van der Waals surface area (Å²) < 4.78 is 5.24. The zero-order valence-corrected chi connectivity index (χ0v) is 13.2. The minimum atomic E-state index is -0.464. The Morgan fingerprint density at radius 1 is 1.48 bits per heavy atom. The molecule has 4 heteroatoms. The summed E-state index contributed by atoms with van der Waals surface area (Å²) in [5.74, 6) is 0.799. The van der Waals surface area contributed by atoms with Crippen LogP contribution in [0.5, 0.6) is 5.75 Å². The van der Waals surface area contributed by atoms with E-state index in [0.717, 1.165) is 37.4 Å². The monoisotopic (exact) mass is 292 g/mol. The molecular weight excluding hydrogens is 264 g/mol. The smallest absolute Gasteiger partial charge is 0.119 e. The molecule has 2 atom stereocenters. The number of aliphatic hydroxyl groups excluding tert-OH is 1. The Morgan fingerprint density at radius 2 is 2.33 bits per heavy atom. The Bertz CT molecular complexity index is 419. The van der Waals surface area contributed by atoms with Gasteiger partial charge < -0.3 is 15.2 Å². The first-order valence-corrected chi connectivity index (χ1v) is 8.01. The third kappa shape index (κ3) is 4.70. The van der Waals surface area contributed by atoms with E-state index < -0.39 is 6.10 Å². The van der Waals surface area contributed by atoms with Crippen molar-refractivity contribution >= 4 is 0 Å². The lowest BCUT2D eigenvalue weighted by molar-refractivity contribution is 0.0771. The van der Waals surface area contributed by atoms with Crippen LogP contribution in [0.1, 0.15) is 37.9 Å². The van der Waals surface area contributed by atoms with Gasteiger partial charge in [0.1, 0.15) is 5.75 Å². The molecule has 0 bridgehead atoms. The van der Waals surface area contributed by atoms with Crippen LogP contribution >= 0.6 is 0 Å².